The summed E-state index contributed by atoms with van der Waals surface area (Å²) >= 11 is 0. The van der Waals surface area contributed by atoms with Crippen LogP contribution in [0.4, 0.5) is 5.69 Å². The molecule has 7 nitrogen and oxygen atoms in total. The zero-order valence-electron chi connectivity index (χ0n) is 16.6. The summed E-state index contributed by atoms with van der Waals surface area (Å²) in [7, 11) is 1.91. The predicted octanol–water partition coefficient (Wildman–Crippen LogP) is 4.02. The molecule has 0 N–H and O–H groups in total. The van der Waals surface area contributed by atoms with Crippen molar-refractivity contribution in [2.75, 3.05) is 32.1 Å². The maximum Gasteiger partial charge on any atom is 0.333 e. The Bertz CT molecular complexity index is 1220. The van der Waals surface area contributed by atoms with Crippen LogP contribution in [0.1, 0.15) is 18.5 Å². The van der Waals surface area contributed by atoms with Gasteiger partial charge >= 0.3 is 5.97 Å². The maximum absolute atomic E-state index is 13.1. The molecule has 0 unspecified atom stereocenters. The van der Waals surface area contributed by atoms with Crippen molar-refractivity contribution in [3.63, 3.8) is 0 Å². The highest BCUT2D eigenvalue weighted by Crippen LogP contribution is 2.54. The lowest BCUT2D eigenvalue weighted by atomic mass is 9.85. The molecule has 6 rings (SSSR count). The molecule has 0 amide bonds. The van der Waals surface area contributed by atoms with E-state index >= 15 is 0 Å². The summed E-state index contributed by atoms with van der Waals surface area (Å²) in [4.78, 5) is 15.1. The summed E-state index contributed by atoms with van der Waals surface area (Å²) < 4.78 is 27.9. The summed E-state index contributed by atoms with van der Waals surface area (Å²) in [6.07, 6.45) is 0. The molecule has 1 atom stereocenters. The minimum Gasteiger partial charge on any atom is -0.464 e. The molecular formula is C23H19NO6. The minimum atomic E-state index is -0.653. The fourth-order valence-corrected chi connectivity index (χ4v) is 4.62. The third-order valence-corrected chi connectivity index (χ3v) is 5.88. The summed E-state index contributed by atoms with van der Waals surface area (Å²) in [6, 6.07) is 11.3. The number of esters is 1. The molecule has 0 spiro atoms. The van der Waals surface area contributed by atoms with E-state index in [2.05, 4.69) is 12.1 Å². The number of carbonyl (C=O) groups excluding carboxylic acids is 1. The number of hydrogen-bond acceptors (Lipinski definition) is 7. The fraction of sp³-hybridized carbons (Fsp3) is 0.261. The first-order valence-corrected chi connectivity index (χ1v) is 9.86. The van der Waals surface area contributed by atoms with Crippen molar-refractivity contribution in [1.29, 1.82) is 0 Å². The van der Waals surface area contributed by atoms with Gasteiger partial charge in [0, 0.05) is 23.6 Å². The van der Waals surface area contributed by atoms with Crippen LogP contribution in [0.2, 0.25) is 0 Å². The molecule has 3 aliphatic rings. The second-order valence-corrected chi connectivity index (χ2v) is 7.41. The highest BCUT2D eigenvalue weighted by atomic mass is 16.7. The first kappa shape index (κ1) is 17.3. The van der Waals surface area contributed by atoms with E-state index in [1.165, 1.54) is 0 Å². The Morgan fingerprint density at radius 3 is 2.57 bits per heavy atom. The number of nitrogens with zero attached hydrogens (tertiary/aromatic N) is 1. The van der Waals surface area contributed by atoms with E-state index in [4.69, 9.17) is 23.7 Å². The predicted molar refractivity (Wildman–Crippen MR) is 109 cm³/mol. The van der Waals surface area contributed by atoms with Crippen LogP contribution in [0.15, 0.2) is 36.4 Å². The zero-order valence-corrected chi connectivity index (χ0v) is 16.6. The molecule has 0 fully saturated rings. The quantitative estimate of drug-likeness (QED) is 0.597. The summed E-state index contributed by atoms with van der Waals surface area (Å²) in [5.41, 5.74) is 3.66. The van der Waals surface area contributed by atoms with Crippen molar-refractivity contribution in [2.45, 2.75) is 13.0 Å². The molecule has 0 aromatic heterocycles. The van der Waals surface area contributed by atoms with E-state index < -0.39 is 6.04 Å². The summed E-state index contributed by atoms with van der Waals surface area (Å²) in [6.45, 7) is 2.45. The number of ether oxygens (including phenoxy) is 5. The maximum atomic E-state index is 13.1. The van der Waals surface area contributed by atoms with Gasteiger partial charge in [-0.25, -0.2) is 4.79 Å². The van der Waals surface area contributed by atoms with Gasteiger partial charge in [0.25, 0.3) is 0 Å². The van der Waals surface area contributed by atoms with Crippen molar-refractivity contribution in [3.05, 3.63) is 42.0 Å². The third-order valence-electron chi connectivity index (χ3n) is 5.88. The molecule has 0 radical (unpaired) electrons. The van der Waals surface area contributed by atoms with E-state index in [-0.39, 0.29) is 19.6 Å². The molecule has 30 heavy (non-hydrogen) atoms. The Hall–Kier alpha value is -3.61. The van der Waals surface area contributed by atoms with Crippen molar-refractivity contribution in [3.8, 4) is 34.1 Å². The van der Waals surface area contributed by atoms with Gasteiger partial charge in [-0.1, -0.05) is 12.1 Å². The minimum absolute atomic E-state index is 0.138. The monoisotopic (exact) mass is 405 g/mol. The Morgan fingerprint density at radius 2 is 1.73 bits per heavy atom. The number of carbonyl (C=O) groups is 1. The molecule has 152 valence electrons. The molecule has 0 bridgehead atoms. The van der Waals surface area contributed by atoms with Gasteiger partial charge in [-0.05, 0) is 42.1 Å². The van der Waals surface area contributed by atoms with Crippen molar-refractivity contribution in [1.82, 2.24) is 0 Å². The lowest BCUT2D eigenvalue weighted by Gasteiger charge is -2.37. The Labute approximate surface area is 172 Å². The number of likely N-dealkylation sites (N-methyl/N-ethyl adjacent to an activating group) is 1. The van der Waals surface area contributed by atoms with Crippen molar-refractivity contribution in [2.24, 2.45) is 0 Å². The molecule has 0 saturated carbocycles. The number of hydrogen-bond donors (Lipinski definition) is 0. The van der Waals surface area contributed by atoms with Crippen LogP contribution >= 0.6 is 0 Å². The number of fused-ring (bicyclic) bond motifs is 8. The normalized spacial score (nSPS) is 17.7. The van der Waals surface area contributed by atoms with E-state index in [1.807, 2.05) is 36.2 Å². The second kappa shape index (κ2) is 6.19. The van der Waals surface area contributed by atoms with Crippen molar-refractivity contribution >= 4 is 22.4 Å². The lowest BCUT2D eigenvalue weighted by molar-refractivity contribution is -0.144. The van der Waals surface area contributed by atoms with Gasteiger partial charge in [-0.3, -0.25) is 0 Å². The Kier molecular flexibility index (Phi) is 3.56. The van der Waals surface area contributed by atoms with Crippen LogP contribution in [-0.2, 0) is 9.53 Å². The highest BCUT2D eigenvalue weighted by Gasteiger charge is 2.40. The highest BCUT2D eigenvalue weighted by molar-refractivity contribution is 6.08. The second-order valence-electron chi connectivity index (χ2n) is 7.41. The topological polar surface area (TPSA) is 66.5 Å². The van der Waals surface area contributed by atoms with Gasteiger partial charge in [-0.15, -0.1) is 0 Å². The van der Waals surface area contributed by atoms with Gasteiger partial charge in [-0.2, -0.15) is 0 Å². The Morgan fingerprint density at radius 1 is 1.00 bits per heavy atom. The molecule has 0 saturated heterocycles. The number of benzene rings is 3. The van der Waals surface area contributed by atoms with Crippen molar-refractivity contribution < 1.29 is 28.5 Å². The van der Waals surface area contributed by atoms with Gasteiger partial charge in [0.05, 0.1) is 12.3 Å². The standard InChI is InChI=1S/C23H19NO6/c1-3-26-23(25)21-19-13(6-7-16-22(19)30-11-27-16)14-5-4-12-8-17-18(29-10-28-17)9-15(12)20(14)24(21)2/h4-9,21H,3,10-11H2,1-2H3/t21-/m1/s1. The molecular weight excluding hydrogens is 386 g/mol. The first-order valence-electron chi connectivity index (χ1n) is 9.86. The van der Waals surface area contributed by atoms with Crippen LogP contribution in [0.3, 0.4) is 0 Å². The Balaban J connectivity index is 1.66. The summed E-state index contributed by atoms with van der Waals surface area (Å²) in [5.74, 6) is 2.35. The third kappa shape index (κ3) is 2.23. The van der Waals surface area contributed by atoms with Gasteiger partial charge in [0.2, 0.25) is 13.6 Å². The van der Waals surface area contributed by atoms with Crippen LogP contribution in [0, 0.1) is 0 Å². The molecule has 0 aliphatic carbocycles. The number of rotatable bonds is 2. The smallest absolute Gasteiger partial charge is 0.333 e. The van der Waals surface area contributed by atoms with E-state index in [0.717, 1.165) is 38.9 Å². The first-order chi connectivity index (χ1) is 14.7. The van der Waals surface area contributed by atoms with Gasteiger partial charge in [0.1, 0.15) is 0 Å². The van der Waals surface area contributed by atoms with Crippen LogP contribution in [-0.4, -0.2) is 33.2 Å². The SMILES string of the molecule is CCOC(=O)[C@H]1c2c(ccc3c2OCO3)-c2ccc3cc4c(cc3c2N1C)OCO4. The average Bonchev–Trinajstić information content (AvgIpc) is 3.40. The zero-order chi connectivity index (χ0) is 20.4. The van der Waals surface area contributed by atoms with E-state index in [1.54, 1.807) is 6.92 Å². The van der Waals surface area contributed by atoms with Crippen LogP contribution in [0.25, 0.3) is 21.9 Å². The summed E-state index contributed by atoms with van der Waals surface area (Å²) in [5, 5.41) is 1.99. The molecule has 3 aromatic rings. The molecule has 7 heteroatoms. The van der Waals surface area contributed by atoms with Gasteiger partial charge in [0.15, 0.2) is 29.0 Å². The largest absolute Gasteiger partial charge is 0.464 e. The molecule has 3 aliphatic heterocycles. The van der Waals surface area contributed by atoms with Crippen LogP contribution < -0.4 is 23.8 Å². The molecule has 3 aromatic carbocycles. The van der Waals surface area contributed by atoms with E-state index in [9.17, 15) is 4.79 Å². The van der Waals surface area contributed by atoms with Gasteiger partial charge < -0.3 is 28.6 Å². The molecule has 3 heterocycles. The lowest BCUT2D eigenvalue weighted by Crippen LogP contribution is -2.35. The van der Waals surface area contributed by atoms with E-state index in [0.29, 0.717) is 23.9 Å². The average molecular weight is 405 g/mol. The number of anilines is 1. The fourth-order valence-electron chi connectivity index (χ4n) is 4.62. The van der Waals surface area contributed by atoms with Crippen LogP contribution in [0.5, 0.6) is 23.0 Å².